The summed E-state index contributed by atoms with van der Waals surface area (Å²) in [5, 5.41) is 0. The van der Waals surface area contributed by atoms with Crippen LogP contribution in [0.5, 0.6) is 11.5 Å². The first-order valence-corrected chi connectivity index (χ1v) is 8.20. The van der Waals surface area contributed by atoms with Crippen molar-refractivity contribution in [2.45, 2.75) is 32.6 Å². The van der Waals surface area contributed by atoms with Crippen LogP contribution >= 0.6 is 0 Å². The Hall–Kier alpha value is -2.51. The lowest BCUT2D eigenvalue weighted by Gasteiger charge is -2.27. The van der Waals surface area contributed by atoms with Gasteiger partial charge in [-0.15, -0.1) is 0 Å². The highest BCUT2D eigenvalue weighted by molar-refractivity contribution is 5.78. The maximum absolute atomic E-state index is 13.8. The Morgan fingerprint density at radius 2 is 1.92 bits per heavy atom. The predicted octanol–water partition coefficient (Wildman–Crippen LogP) is 3.31. The lowest BCUT2D eigenvalue weighted by Crippen LogP contribution is -2.31. The Labute approximate surface area is 149 Å². The van der Waals surface area contributed by atoms with Crippen molar-refractivity contribution in [3.8, 4) is 22.6 Å². The molecule has 3 rings (SSSR count). The first-order valence-electron chi connectivity index (χ1n) is 8.20. The van der Waals surface area contributed by atoms with Crippen molar-refractivity contribution in [1.82, 2.24) is 0 Å². The lowest BCUT2D eigenvalue weighted by molar-refractivity contribution is -0.134. The number of hydrogen-bond donors (Lipinski definition) is 1. The summed E-state index contributed by atoms with van der Waals surface area (Å²) in [5.41, 5.74) is 8.35. The highest BCUT2D eigenvalue weighted by atomic mass is 19.2. The molecule has 0 saturated carbocycles. The molecule has 1 aliphatic heterocycles. The minimum atomic E-state index is -0.993. The number of halogens is 2. The van der Waals surface area contributed by atoms with Crippen molar-refractivity contribution in [2.75, 3.05) is 7.11 Å². The van der Waals surface area contributed by atoms with Gasteiger partial charge in [0.2, 0.25) is 0 Å². The Balaban J connectivity index is 2.17. The largest absolute Gasteiger partial charge is 0.496 e. The van der Waals surface area contributed by atoms with Gasteiger partial charge in [-0.25, -0.2) is 8.78 Å². The monoisotopic (exact) mass is 363 g/mol. The molecule has 0 saturated heterocycles. The third kappa shape index (κ3) is 3.40. The maximum atomic E-state index is 13.8. The molecule has 0 amide bonds. The van der Waals surface area contributed by atoms with Crippen LogP contribution in [0.3, 0.4) is 0 Å². The Kier molecular flexibility index (Phi) is 5.20. The molecule has 138 valence electrons. The fraction of sp³-hybridized carbons (Fsp3) is 0.316. The van der Waals surface area contributed by atoms with E-state index < -0.39 is 17.9 Å². The van der Waals surface area contributed by atoms with Crippen LogP contribution in [0, 0.1) is 11.6 Å². The number of fused-ring (bicyclic) bond motifs is 1. The highest BCUT2D eigenvalue weighted by Gasteiger charge is 2.26. The summed E-state index contributed by atoms with van der Waals surface area (Å²) in [6.07, 6.45) is 0.0211. The molecule has 2 N–H and O–H groups in total. The molecule has 1 aliphatic rings. The van der Waals surface area contributed by atoms with E-state index in [1.807, 2.05) is 0 Å². The molecular formula is C19H19F2NO4. The van der Waals surface area contributed by atoms with Crippen molar-refractivity contribution >= 4 is 5.97 Å². The average Bonchev–Trinajstić information content (AvgIpc) is 2.63. The number of carbonyl (C=O) groups excluding carboxylic acids is 1. The molecule has 1 atom stereocenters. The average molecular weight is 363 g/mol. The van der Waals surface area contributed by atoms with E-state index in [4.69, 9.17) is 19.9 Å². The van der Waals surface area contributed by atoms with Gasteiger partial charge in [0.25, 0.3) is 0 Å². The standard InChI is InChI=1S/C19H19F2NO4/c1-3-19(23)26-16-5-4-10(11-7-18(22)25-9-13(11)16)12-6-14(20)15(21)8-17(12)24-2/h4-6,8,18H,3,7,9,22H2,1-2H3/t18-/m0/s1. The zero-order valence-electron chi connectivity index (χ0n) is 14.5. The molecule has 0 aromatic heterocycles. The minimum absolute atomic E-state index is 0.155. The molecule has 0 spiro atoms. The number of nitrogens with two attached hydrogens (primary N) is 1. The zero-order valence-corrected chi connectivity index (χ0v) is 14.5. The molecule has 0 fully saturated rings. The SMILES string of the molecule is CCC(=O)Oc1ccc(-c2cc(F)c(F)cc2OC)c2c1CO[C@H](N)C2. The van der Waals surface area contributed by atoms with Gasteiger partial charge in [0.1, 0.15) is 17.7 Å². The van der Waals surface area contributed by atoms with E-state index in [9.17, 15) is 13.6 Å². The summed E-state index contributed by atoms with van der Waals surface area (Å²) in [5.74, 6) is -1.77. The van der Waals surface area contributed by atoms with Crippen LogP contribution in [-0.2, 0) is 22.6 Å². The molecule has 26 heavy (non-hydrogen) atoms. The minimum Gasteiger partial charge on any atom is -0.496 e. The maximum Gasteiger partial charge on any atom is 0.310 e. The Bertz CT molecular complexity index is 854. The zero-order chi connectivity index (χ0) is 18.8. The van der Waals surface area contributed by atoms with Gasteiger partial charge in [0, 0.05) is 30.0 Å². The lowest BCUT2D eigenvalue weighted by atomic mass is 9.90. The molecule has 0 bridgehead atoms. The number of rotatable bonds is 4. The van der Waals surface area contributed by atoms with Crippen molar-refractivity contribution in [1.29, 1.82) is 0 Å². The molecular weight excluding hydrogens is 344 g/mol. The molecule has 0 radical (unpaired) electrons. The Morgan fingerprint density at radius 1 is 1.19 bits per heavy atom. The van der Waals surface area contributed by atoms with Crippen molar-refractivity contribution in [3.63, 3.8) is 0 Å². The van der Waals surface area contributed by atoms with E-state index in [2.05, 4.69) is 0 Å². The quantitative estimate of drug-likeness (QED) is 0.667. The first-order chi connectivity index (χ1) is 12.4. The summed E-state index contributed by atoms with van der Waals surface area (Å²) in [6.45, 7) is 1.85. The molecule has 7 heteroatoms. The summed E-state index contributed by atoms with van der Waals surface area (Å²) in [4.78, 5) is 11.7. The van der Waals surface area contributed by atoms with Gasteiger partial charge >= 0.3 is 5.97 Å². The normalized spacial score (nSPS) is 16.1. The van der Waals surface area contributed by atoms with Gasteiger partial charge in [0.05, 0.1) is 13.7 Å². The van der Waals surface area contributed by atoms with Crippen LogP contribution in [0.4, 0.5) is 8.78 Å². The summed E-state index contributed by atoms with van der Waals surface area (Å²) in [7, 11) is 1.38. The van der Waals surface area contributed by atoms with Gasteiger partial charge in [0.15, 0.2) is 11.6 Å². The van der Waals surface area contributed by atoms with E-state index >= 15 is 0 Å². The van der Waals surface area contributed by atoms with Gasteiger partial charge in [-0.3, -0.25) is 4.79 Å². The van der Waals surface area contributed by atoms with Crippen LogP contribution in [0.25, 0.3) is 11.1 Å². The second-order valence-electron chi connectivity index (χ2n) is 5.92. The molecule has 2 aromatic carbocycles. The summed E-state index contributed by atoms with van der Waals surface area (Å²) in [6, 6.07) is 5.39. The van der Waals surface area contributed by atoms with E-state index in [0.29, 0.717) is 28.9 Å². The van der Waals surface area contributed by atoms with Gasteiger partial charge < -0.3 is 19.9 Å². The second-order valence-corrected chi connectivity index (χ2v) is 5.92. The van der Waals surface area contributed by atoms with Gasteiger partial charge in [-0.2, -0.15) is 0 Å². The first kappa shape index (κ1) is 18.3. The van der Waals surface area contributed by atoms with E-state index in [0.717, 1.165) is 17.7 Å². The molecule has 1 heterocycles. The third-order valence-electron chi connectivity index (χ3n) is 4.28. The van der Waals surface area contributed by atoms with E-state index in [1.54, 1.807) is 19.1 Å². The smallest absolute Gasteiger partial charge is 0.310 e. The number of ether oxygens (including phenoxy) is 3. The van der Waals surface area contributed by atoms with Crippen molar-refractivity contribution in [3.05, 3.63) is 47.0 Å². The van der Waals surface area contributed by atoms with Crippen LogP contribution in [0.1, 0.15) is 24.5 Å². The topological polar surface area (TPSA) is 70.8 Å². The van der Waals surface area contributed by atoms with Crippen molar-refractivity contribution in [2.24, 2.45) is 5.73 Å². The van der Waals surface area contributed by atoms with Gasteiger partial charge in [-0.1, -0.05) is 13.0 Å². The van der Waals surface area contributed by atoms with E-state index in [-0.39, 0.29) is 24.7 Å². The number of hydrogen-bond acceptors (Lipinski definition) is 5. The van der Waals surface area contributed by atoms with Gasteiger partial charge in [-0.05, 0) is 23.3 Å². The Morgan fingerprint density at radius 3 is 2.62 bits per heavy atom. The second kappa shape index (κ2) is 7.39. The number of esters is 1. The molecule has 0 aliphatic carbocycles. The molecule has 0 unspecified atom stereocenters. The highest BCUT2D eigenvalue weighted by Crippen LogP contribution is 2.40. The fourth-order valence-corrected chi connectivity index (χ4v) is 2.96. The van der Waals surface area contributed by atoms with E-state index in [1.165, 1.54) is 7.11 Å². The molecule has 2 aromatic rings. The van der Waals surface area contributed by atoms with Crippen LogP contribution < -0.4 is 15.2 Å². The summed E-state index contributed by atoms with van der Waals surface area (Å²) < 4.78 is 43.4. The van der Waals surface area contributed by atoms with Crippen molar-refractivity contribution < 1.29 is 27.8 Å². The number of benzene rings is 2. The predicted molar refractivity (Wildman–Crippen MR) is 90.7 cm³/mol. The number of carbonyl (C=O) groups is 1. The third-order valence-corrected chi connectivity index (χ3v) is 4.28. The van der Waals surface area contributed by atoms with Crippen LogP contribution in [-0.4, -0.2) is 19.3 Å². The number of methoxy groups -OCH3 is 1. The van der Waals surface area contributed by atoms with Crippen LogP contribution in [0.2, 0.25) is 0 Å². The summed E-state index contributed by atoms with van der Waals surface area (Å²) >= 11 is 0. The fourth-order valence-electron chi connectivity index (χ4n) is 2.96. The molecule has 5 nitrogen and oxygen atoms in total. The van der Waals surface area contributed by atoms with Crippen LogP contribution in [0.15, 0.2) is 24.3 Å².